The topological polar surface area (TPSA) is 135 Å². The predicted molar refractivity (Wildman–Crippen MR) is 80.6 cm³/mol. The van der Waals surface area contributed by atoms with Gasteiger partial charge < -0.3 is 16.0 Å². The van der Waals surface area contributed by atoms with Crippen LogP contribution in [-0.2, 0) is 4.79 Å². The van der Waals surface area contributed by atoms with Crippen molar-refractivity contribution in [1.29, 1.82) is 0 Å². The van der Waals surface area contributed by atoms with Crippen LogP contribution in [0.25, 0.3) is 0 Å². The van der Waals surface area contributed by atoms with Gasteiger partial charge in [-0.2, -0.15) is 15.0 Å². The molecule has 2 rings (SSSR count). The van der Waals surface area contributed by atoms with Crippen molar-refractivity contribution < 1.29 is 4.79 Å². The molecular weight excluding hydrogens is 272 g/mol. The highest BCUT2D eigenvalue weighted by molar-refractivity contribution is 5.73. The molecule has 2 heterocycles. The zero-order valence-corrected chi connectivity index (χ0v) is 12.0. The van der Waals surface area contributed by atoms with Crippen LogP contribution in [0.4, 0.5) is 17.8 Å². The predicted octanol–water partition coefficient (Wildman–Crippen LogP) is -0.175. The second-order valence-corrected chi connectivity index (χ2v) is 4.97. The molecule has 1 aromatic rings. The fourth-order valence-electron chi connectivity index (χ4n) is 2.21. The van der Waals surface area contributed by atoms with Gasteiger partial charge in [-0.1, -0.05) is 0 Å². The van der Waals surface area contributed by atoms with E-state index in [0.717, 1.165) is 25.9 Å². The van der Waals surface area contributed by atoms with Crippen molar-refractivity contribution >= 4 is 23.8 Å². The number of hydrazine groups is 1. The van der Waals surface area contributed by atoms with Crippen LogP contribution in [0.5, 0.6) is 0 Å². The second kappa shape index (κ2) is 7.58. The number of primary amides is 1. The van der Waals surface area contributed by atoms with Crippen molar-refractivity contribution in [3.8, 4) is 0 Å². The molecule has 0 spiro atoms. The van der Waals surface area contributed by atoms with E-state index >= 15 is 0 Å². The highest BCUT2D eigenvalue weighted by Gasteiger charge is 2.15. The van der Waals surface area contributed by atoms with Gasteiger partial charge in [0.25, 0.3) is 0 Å². The first-order valence-corrected chi connectivity index (χ1v) is 7.19. The molecule has 21 heavy (non-hydrogen) atoms. The van der Waals surface area contributed by atoms with Crippen LogP contribution in [-0.4, -0.2) is 40.5 Å². The van der Waals surface area contributed by atoms with Crippen LogP contribution in [0.15, 0.2) is 0 Å². The number of piperidine rings is 1. The Hall–Kier alpha value is -2.16. The minimum absolute atomic E-state index is 0.314. The van der Waals surface area contributed by atoms with Crippen molar-refractivity contribution in [3.05, 3.63) is 0 Å². The van der Waals surface area contributed by atoms with Crippen molar-refractivity contribution in [1.82, 2.24) is 15.0 Å². The average molecular weight is 294 g/mol. The Balaban J connectivity index is 2.00. The van der Waals surface area contributed by atoms with Crippen molar-refractivity contribution in [2.75, 3.05) is 35.3 Å². The lowest BCUT2D eigenvalue weighted by Gasteiger charge is -2.26. The van der Waals surface area contributed by atoms with E-state index in [-0.39, 0.29) is 5.91 Å². The summed E-state index contributed by atoms with van der Waals surface area (Å²) in [5, 5.41) is 3.06. The minimum atomic E-state index is -0.314. The monoisotopic (exact) mass is 294 g/mol. The number of nitrogens with two attached hydrogens (primary N) is 2. The van der Waals surface area contributed by atoms with Crippen molar-refractivity contribution in [3.63, 3.8) is 0 Å². The molecular formula is C12H22N8O. The fourth-order valence-corrected chi connectivity index (χ4v) is 2.21. The van der Waals surface area contributed by atoms with Gasteiger partial charge in [0.2, 0.25) is 23.8 Å². The Morgan fingerprint density at radius 2 is 1.86 bits per heavy atom. The summed E-state index contributed by atoms with van der Waals surface area (Å²) < 4.78 is 0. The molecule has 116 valence electrons. The third-order valence-corrected chi connectivity index (χ3v) is 3.27. The molecule has 1 aromatic heterocycles. The zero-order valence-electron chi connectivity index (χ0n) is 12.0. The molecule has 0 atom stereocenters. The maximum absolute atomic E-state index is 10.7. The summed E-state index contributed by atoms with van der Waals surface area (Å²) in [5.41, 5.74) is 7.55. The van der Waals surface area contributed by atoms with E-state index in [9.17, 15) is 4.79 Å². The number of nitrogens with zero attached hydrogens (tertiary/aromatic N) is 4. The largest absolute Gasteiger partial charge is 0.370 e. The average Bonchev–Trinajstić information content (AvgIpc) is 2.52. The van der Waals surface area contributed by atoms with Gasteiger partial charge in [0, 0.05) is 26.1 Å². The summed E-state index contributed by atoms with van der Waals surface area (Å²) in [6, 6.07) is 0. The number of nitrogen functional groups attached to an aromatic ring is 1. The van der Waals surface area contributed by atoms with Gasteiger partial charge in [0.05, 0.1) is 0 Å². The van der Waals surface area contributed by atoms with Crippen LogP contribution in [0.3, 0.4) is 0 Å². The number of amides is 1. The molecule has 6 N–H and O–H groups in total. The normalized spacial score (nSPS) is 14.8. The quantitative estimate of drug-likeness (QED) is 0.309. The molecule has 9 heteroatoms. The lowest BCUT2D eigenvalue weighted by molar-refractivity contribution is -0.118. The molecule has 1 fully saturated rings. The van der Waals surface area contributed by atoms with E-state index in [1.165, 1.54) is 6.42 Å². The summed E-state index contributed by atoms with van der Waals surface area (Å²) in [5.74, 6) is 6.48. The van der Waals surface area contributed by atoms with Gasteiger partial charge >= 0.3 is 0 Å². The molecule has 0 bridgehead atoms. The Kier molecular flexibility index (Phi) is 5.50. The van der Waals surface area contributed by atoms with E-state index in [1.807, 2.05) is 0 Å². The number of hydrogen-bond acceptors (Lipinski definition) is 8. The number of carbonyl (C=O) groups excluding carboxylic acids is 1. The Morgan fingerprint density at radius 3 is 2.52 bits per heavy atom. The van der Waals surface area contributed by atoms with Gasteiger partial charge in [0.1, 0.15) is 0 Å². The van der Waals surface area contributed by atoms with Gasteiger partial charge in [-0.3, -0.25) is 10.2 Å². The van der Waals surface area contributed by atoms with E-state index in [2.05, 4.69) is 30.6 Å². The maximum Gasteiger partial charge on any atom is 0.243 e. The van der Waals surface area contributed by atoms with E-state index in [1.54, 1.807) is 0 Å². The number of rotatable bonds is 7. The first-order chi connectivity index (χ1) is 10.2. The lowest BCUT2D eigenvalue weighted by Crippen LogP contribution is -2.31. The molecule has 0 radical (unpaired) electrons. The minimum Gasteiger partial charge on any atom is -0.370 e. The van der Waals surface area contributed by atoms with Crippen LogP contribution in [0.1, 0.15) is 32.1 Å². The standard InChI is InChI=1S/C12H22N8O/c13-9(21)5-4-6-15-10-16-11(19-14)18-12(17-10)20-7-2-1-3-8-20/h1-8,14H2,(H2,13,21)(H2,15,16,17,18,19). The molecule has 0 aliphatic carbocycles. The Bertz CT molecular complexity index is 474. The number of anilines is 3. The maximum atomic E-state index is 10.7. The van der Waals surface area contributed by atoms with Crippen LogP contribution < -0.4 is 27.2 Å². The molecule has 1 amide bonds. The Morgan fingerprint density at radius 1 is 1.14 bits per heavy atom. The molecule has 9 nitrogen and oxygen atoms in total. The van der Waals surface area contributed by atoms with Crippen LogP contribution >= 0.6 is 0 Å². The van der Waals surface area contributed by atoms with Crippen molar-refractivity contribution in [2.45, 2.75) is 32.1 Å². The van der Waals surface area contributed by atoms with Gasteiger partial charge in [-0.25, -0.2) is 5.84 Å². The molecule has 1 saturated heterocycles. The number of hydrogen-bond donors (Lipinski definition) is 4. The van der Waals surface area contributed by atoms with E-state index in [0.29, 0.717) is 37.2 Å². The summed E-state index contributed by atoms with van der Waals surface area (Å²) in [6.07, 6.45) is 4.48. The highest BCUT2D eigenvalue weighted by atomic mass is 16.1. The Labute approximate surface area is 123 Å². The SMILES string of the molecule is NNc1nc(NCCCC(N)=O)nc(N2CCCCC2)n1. The van der Waals surface area contributed by atoms with Crippen molar-refractivity contribution in [2.24, 2.45) is 11.6 Å². The molecule has 1 aliphatic rings. The van der Waals surface area contributed by atoms with E-state index < -0.39 is 0 Å². The molecule has 0 saturated carbocycles. The highest BCUT2D eigenvalue weighted by Crippen LogP contribution is 2.18. The first kappa shape index (κ1) is 15.2. The third kappa shape index (κ3) is 4.71. The van der Waals surface area contributed by atoms with Gasteiger partial charge in [0.15, 0.2) is 0 Å². The summed E-state index contributed by atoms with van der Waals surface area (Å²) >= 11 is 0. The third-order valence-electron chi connectivity index (χ3n) is 3.27. The number of aromatic nitrogens is 3. The molecule has 1 aliphatic heterocycles. The van der Waals surface area contributed by atoms with Crippen LogP contribution in [0, 0.1) is 0 Å². The summed E-state index contributed by atoms with van der Waals surface area (Å²) in [4.78, 5) is 25.7. The molecule has 0 aromatic carbocycles. The van der Waals surface area contributed by atoms with Gasteiger partial charge in [-0.05, 0) is 25.7 Å². The summed E-state index contributed by atoms with van der Waals surface area (Å²) in [6.45, 7) is 2.45. The lowest BCUT2D eigenvalue weighted by atomic mass is 10.1. The fraction of sp³-hybridized carbons (Fsp3) is 0.667. The number of nitrogens with one attached hydrogen (secondary N) is 2. The number of carbonyl (C=O) groups is 1. The smallest absolute Gasteiger partial charge is 0.243 e. The van der Waals surface area contributed by atoms with E-state index in [4.69, 9.17) is 11.6 Å². The van der Waals surface area contributed by atoms with Gasteiger partial charge in [-0.15, -0.1) is 0 Å². The zero-order chi connectivity index (χ0) is 15.1. The second-order valence-electron chi connectivity index (χ2n) is 4.97. The summed E-state index contributed by atoms with van der Waals surface area (Å²) in [7, 11) is 0. The van der Waals surface area contributed by atoms with Crippen LogP contribution in [0.2, 0.25) is 0 Å². The first-order valence-electron chi connectivity index (χ1n) is 7.19. The molecule has 0 unspecified atom stereocenters.